The van der Waals surface area contributed by atoms with Crippen LogP contribution in [0.5, 0.6) is 0 Å². The summed E-state index contributed by atoms with van der Waals surface area (Å²) in [4.78, 5) is 23.2. The van der Waals surface area contributed by atoms with E-state index in [4.69, 9.17) is 4.74 Å². The van der Waals surface area contributed by atoms with Crippen molar-refractivity contribution in [2.24, 2.45) is 0 Å². The fourth-order valence-corrected chi connectivity index (χ4v) is 3.07. The lowest BCUT2D eigenvalue weighted by Crippen LogP contribution is -2.48. The van der Waals surface area contributed by atoms with E-state index in [0.29, 0.717) is 30.8 Å². The molecule has 0 spiro atoms. The molecule has 1 amide bonds. The number of nitrogens with zero attached hydrogens (tertiary/aromatic N) is 5. The summed E-state index contributed by atoms with van der Waals surface area (Å²) in [6, 6.07) is 5.40. The Balaban J connectivity index is 1.50. The van der Waals surface area contributed by atoms with Crippen LogP contribution in [0.3, 0.4) is 0 Å². The zero-order valence-electron chi connectivity index (χ0n) is 13.6. The molecule has 0 radical (unpaired) electrons. The van der Waals surface area contributed by atoms with E-state index in [9.17, 15) is 4.79 Å². The van der Waals surface area contributed by atoms with Crippen molar-refractivity contribution in [3.8, 4) is 0 Å². The second-order valence-electron chi connectivity index (χ2n) is 5.99. The van der Waals surface area contributed by atoms with Gasteiger partial charge in [0.2, 0.25) is 0 Å². The van der Waals surface area contributed by atoms with Crippen LogP contribution in [0.4, 0.5) is 0 Å². The van der Waals surface area contributed by atoms with E-state index in [1.165, 1.54) is 0 Å². The maximum absolute atomic E-state index is 13.0. The van der Waals surface area contributed by atoms with Gasteiger partial charge in [-0.1, -0.05) is 0 Å². The molecular formula is C17H18N6O2. The molecule has 0 aliphatic carbocycles. The fraction of sp³-hybridized carbons (Fsp3) is 0.353. The zero-order chi connectivity index (χ0) is 17.1. The van der Waals surface area contributed by atoms with Crippen molar-refractivity contribution < 1.29 is 9.53 Å². The van der Waals surface area contributed by atoms with Gasteiger partial charge in [0.05, 0.1) is 24.9 Å². The molecule has 0 saturated carbocycles. The van der Waals surface area contributed by atoms with E-state index < -0.39 is 0 Å². The second kappa shape index (κ2) is 6.94. The summed E-state index contributed by atoms with van der Waals surface area (Å²) in [6.07, 6.45) is 6.64. The summed E-state index contributed by atoms with van der Waals surface area (Å²) in [5.41, 5.74) is 2.98. The van der Waals surface area contributed by atoms with Crippen LogP contribution in [-0.4, -0.2) is 62.0 Å². The van der Waals surface area contributed by atoms with Crippen molar-refractivity contribution in [3.05, 3.63) is 48.0 Å². The summed E-state index contributed by atoms with van der Waals surface area (Å²) in [5, 5.41) is 10.6. The van der Waals surface area contributed by atoms with Crippen LogP contribution in [0.2, 0.25) is 0 Å². The Kier molecular flexibility index (Phi) is 4.34. The minimum absolute atomic E-state index is 0.00246. The topological polar surface area (TPSA) is 96.9 Å². The molecule has 8 heteroatoms. The molecule has 4 rings (SSSR count). The lowest BCUT2D eigenvalue weighted by Gasteiger charge is -2.35. The SMILES string of the molecule is O=C(c1ccc2n[nH]nc2c1)N1CCOCC1CCc1cnccn1. The highest BCUT2D eigenvalue weighted by Crippen LogP contribution is 2.18. The first-order valence-corrected chi connectivity index (χ1v) is 8.25. The van der Waals surface area contributed by atoms with Gasteiger partial charge in [-0.15, -0.1) is 0 Å². The highest BCUT2D eigenvalue weighted by Gasteiger charge is 2.28. The highest BCUT2D eigenvalue weighted by atomic mass is 16.5. The lowest BCUT2D eigenvalue weighted by molar-refractivity contribution is -0.00412. The van der Waals surface area contributed by atoms with Crippen LogP contribution < -0.4 is 0 Å². The van der Waals surface area contributed by atoms with E-state index in [2.05, 4.69) is 25.4 Å². The third-order valence-electron chi connectivity index (χ3n) is 4.40. The highest BCUT2D eigenvalue weighted by molar-refractivity contribution is 5.97. The molecule has 1 atom stereocenters. The van der Waals surface area contributed by atoms with Gasteiger partial charge in [0.25, 0.3) is 5.91 Å². The number of nitrogens with one attached hydrogen (secondary N) is 1. The van der Waals surface area contributed by atoms with Gasteiger partial charge in [0, 0.05) is 30.7 Å². The molecule has 1 saturated heterocycles. The average Bonchev–Trinajstić information content (AvgIpc) is 3.14. The first-order chi connectivity index (χ1) is 12.3. The number of ether oxygens (including phenoxy) is 1. The second-order valence-corrected chi connectivity index (χ2v) is 5.99. The van der Waals surface area contributed by atoms with Crippen molar-refractivity contribution in [1.29, 1.82) is 0 Å². The molecule has 0 bridgehead atoms. The van der Waals surface area contributed by atoms with Gasteiger partial charge in [-0.2, -0.15) is 15.4 Å². The Bertz CT molecular complexity index is 866. The number of aromatic nitrogens is 5. The fourth-order valence-electron chi connectivity index (χ4n) is 3.07. The normalized spacial score (nSPS) is 17.8. The minimum Gasteiger partial charge on any atom is -0.377 e. The Labute approximate surface area is 144 Å². The molecule has 1 aliphatic heterocycles. The van der Waals surface area contributed by atoms with E-state index in [0.717, 1.165) is 24.1 Å². The number of benzene rings is 1. The number of carbonyl (C=O) groups is 1. The smallest absolute Gasteiger partial charge is 0.254 e. The molecule has 128 valence electrons. The largest absolute Gasteiger partial charge is 0.377 e. The Morgan fingerprint density at radius 1 is 1.28 bits per heavy atom. The van der Waals surface area contributed by atoms with Crippen molar-refractivity contribution in [3.63, 3.8) is 0 Å². The summed E-state index contributed by atoms with van der Waals surface area (Å²) >= 11 is 0. The van der Waals surface area contributed by atoms with Crippen LogP contribution in [0.1, 0.15) is 22.5 Å². The van der Waals surface area contributed by atoms with Gasteiger partial charge in [0.1, 0.15) is 11.0 Å². The molecule has 1 N–H and O–H groups in total. The van der Waals surface area contributed by atoms with Crippen LogP contribution in [-0.2, 0) is 11.2 Å². The quantitative estimate of drug-likeness (QED) is 0.768. The molecule has 1 fully saturated rings. The number of morpholine rings is 1. The van der Waals surface area contributed by atoms with Gasteiger partial charge in [-0.05, 0) is 31.0 Å². The van der Waals surface area contributed by atoms with Crippen molar-refractivity contribution >= 4 is 16.9 Å². The van der Waals surface area contributed by atoms with Crippen LogP contribution in [0.25, 0.3) is 11.0 Å². The minimum atomic E-state index is -0.00246. The maximum Gasteiger partial charge on any atom is 0.254 e. The third kappa shape index (κ3) is 3.34. The van der Waals surface area contributed by atoms with Gasteiger partial charge in [0.15, 0.2) is 0 Å². The molecule has 3 heterocycles. The van der Waals surface area contributed by atoms with Gasteiger partial charge in [-0.25, -0.2) is 0 Å². The van der Waals surface area contributed by atoms with E-state index in [-0.39, 0.29) is 11.9 Å². The maximum atomic E-state index is 13.0. The number of carbonyl (C=O) groups excluding carboxylic acids is 1. The van der Waals surface area contributed by atoms with Crippen LogP contribution >= 0.6 is 0 Å². The van der Waals surface area contributed by atoms with Gasteiger partial charge >= 0.3 is 0 Å². The van der Waals surface area contributed by atoms with Gasteiger partial charge < -0.3 is 9.64 Å². The number of rotatable bonds is 4. The zero-order valence-corrected chi connectivity index (χ0v) is 13.6. The van der Waals surface area contributed by atoms with E-state index in [1.807, 2.05) is 4.90 Å². The van der Waals surface area contributed by atoms with Crippen molar-refractivity contribution in [2.75, 3.05) is 19.8 Å². The Hall–Kier alpha value is -2.87. The molecule has 1 aliphatic rings. The van der Waals surface area contributed by atoms with Crippen LogP contribution in [0.15, 0.2) is 36.8 Å². The number of aryl methyl sites for hydroxylation is 1. The van der Waals surface area contributed by atoms with E-state index in [1.54, 1.807) is 36.8 Å². The molecule has 25 heavy (non-hydrogen) atoms. The number of hydrogen-bond acceptors (Lipinski definition) is 6. The predicted molar refractivity (Wildman–Crippen MR) is 89.9 cm³/mol. The van der Waals surface area contributed by atoms with E-state index >= 15 is 0 Å². The third-order valence-corrected chi connectivity index (χ3v) is 4.40. The van der Waals surface area contributed by atoms with Gasteiger partial charge in [-0.3, -0.25) is 14.8 Å². The van der Waals surface area contributed by atoms with Crippen LogP contribution in [0, 0.1) is 0 Å². The summed E-state index contributed by atoms with van der Waals surface area (Å²) in [5.74, 6) is -0.00246. The number of aromatic amines is 1. The number of amides is 1. The van der Waals surface area contributed by atoms with Crippen molar-refractivity contribution in [1.82, 2.24) is 30.3 Å². The number of H-pyrrole nitrogens is 1. The Morgan fingerprint density at radius 3 is 3.08 bits per heavy atom. The summed E-state index contributed by atoms with van der Waals surface area (Å²) in [6.45, 7) is 1.68. The molecule has 1 aromatic carbocycles. The average molecular weight is 338 g/mol. The summed E-state index contributed by atoms with van der Waals surface area (Å²) in [7, 11) is 0. The molecule has 8 nitrogen and oxygen atoms in total. The number of fused-ring (bicyclic) bond motifs is 1. The summed E-state index contributed by atoms with van der Waals surface area (Å²) < 4.78 is 5.59. The first kappa shape index (κ1) is 15.6. The van der Waals surface area contributed by atoms with Crippen molar-refractivity contribution in [2.45, 2.75) is 18.9 Å². The molecular weight excluding hydrogens is 320 g/mol. The molecule has 3 aromatic rings. The predicted octanol–water partition coefficient (Wildman–Crippen LogP) is 1.22. The molecule has 2 aromatic heterocycles. The number of hydrogen-bond donors (Lipinski definition) is 1. The molecule has 1 unspecified atom stereocenters. The first-order valence-electron chi connectivity index (χ1n) is 8.25. The standard InChI is InChI=1S/C17H18N6O2/c24-17(12-1-4-15-16(9-12)21-22-20-15)23-7-8-25-11-14(23)3-2-13-10-18-5-6-19-13/h1,4-6,9-10,14H,2-3,7-8,11H2,(H,20,21,22). The lowest BCUT2D eigenvalue weighted by atomic mass is 10.1. The Morgan fingerprint density at radius 2 is 2.20 bits per heavy atom. The monoisotopic (exact) mass is 338 g/mol.